The van der Waals surface area contributed by atoms with E-state index in [2.05, 4.69) is 0 Å². The van der Waals surface area contributed by atoms with Gasteiger partial charge in [0.2, 0.25) is 0 Å². The molecule has 0 saturated carbocycles. The molecule has 1 aromatic rings. The summed E-state index contributed by atoms with van der Waals surface area (Å²) >= 11 is 12.2. The molecule has 19 heavy (non-hydrogen) atoms. The van der Waals surface area contributed by atoms with Crippen molar-refractivity contribution in [3.8, 4) is 0 Å². The molecule has 1 saturated heterocycles. The largest absolute Gasteiger partial charge is 0.480 e. The summed E-state index contributed by atoms with van der Waals surface area (Å²) in [6.45, 7) is 1.58. The van der Waals surface area contributed by atoms with Gasteiger partial charge in [-0.15, -0.1) is 0 Å². The summed E-state index contributed by atoms with van der Waals surface area (Å²) in [7, 11) is 0. The maximum absolute atomic E-state index is 11.6. The number of aliphatic carboxylic acids is 1. The van der Waals surface area contributed by atoms with Gasteiger partial charge in [0.15, 0.2) is 0 Å². The third-order valence-corrected chi connectivity index (χ3v) is 4.35. The number of carbonyl (C=O) groups is 1. The van der Waals surface area contributed by atoms with Crippen LogP contribution in [0.2, 0.25) is 10.0 Å². The molecule has 5 heteroatoms. The van der Waals surface area contributed by atoms with Crippen LogP contribution in [-0.2, 0) is 4.79 Å². The van der Waals surface area contributed by atoms with Crippen molar-refractivity contribution in [3.05, 3.63) is 33.8 Å². The molecule has 0 spiro atoms. The predicted molar refractivity (Wildman–Crippen MR) is 76.9 cm³/mol. The maximum Gasteiger partial charge on any atom is 0.325 e. The van der Waals surface area contributed by atoms with Gasteiger partial charge in [-0.2, -0.15) is 0 Å². The number of rotatable bonds is 3. The second-order valence-electron chi connectivity index (χ2n) is 4.83. The van der Waals surface area contributed by atoms with Crippen LogP contribution in [0.1, 0.15) is 37.3 Å². The van der Waals surface area contributed by atoms with Crippen molar-refractivity contribution in [2.24, 2.45) is 0 Å². The van der Waals surface area contributed by atoms with Gasteiger partial charge >= 0.3 is 5.97 Å². The average molecular weight is 302 g/mol. The van der Waals surface area contributed by atoms with Crippen LogP contribution in [0.15, 0.2) is 18.2 Å². The van der Waals surface area contributed by atoms with Crippen molar-refractivity contribution in [1.82, 2.24) is 4.90 Å². The lowest BCUT2D eigenvalue weighted by Gasteiger charge is -2.28. The first-order chi connectivity index (χ1) is 9.11. The Morgan fingerprint density at radius 3 is 2.37 bits per heavy atom. The fourth-order valence-electron chi connectivity index (χ4n) is 2.57. The standard InChI is InChI=1S/C14H17Cl2NO2/c15-11-7-5-6-10(12(11)16)13(14(18)19)17-8-3-1-2-4-9-17/h5-7,13H,1-4,8-9H2,(H,18,19). The van der Waals surface area contributed by atoms with Gasteiger partial charge in [-0.05, 0) is 32.0 Å². The minimum Gasteiger partial charge on any atom is -0.480 e. The molecule has 1 aliphatic heterocycles. The third kappa shape index (κ3) is 3.41. The second kappa shape index (κ2) is 6.60. The monoisotopic (exact) mass is 301 g/mol. The van der Waals surface area contributed by atoms with E-state index in [0.29, 0.717) is 15.6 Å². The van der Waals surface area contributed by atoms with Crippen molar-refractivity contribution >= 4 is 29.2 Å². The second-order valence-corrected chi connectivity index (χ2v) is 5.62. The fourth-order valence-corrected chi connectivity index (χ4v) is 2.98. The first-order valence-corrected chi connectivity index (χ1v) is 7.27. The number of hydrogen-bond donors (Lipinski definition) is 1. The van der Waals surface area contributed by atoms with E-state index in [0.717, 1.165) is 38.8 Å². The summed E-state index contributed by atoms with van der Waals surface area (Å²) in [6, 6.07) is 4.47. The minimum absolute atomic E-state index is 0.348. The maximum atomic E-state index is 11.6. The molecule has 0 amide bonds. The summed E-state index contributed by atoms with van der Waals surface area (Å²) in [4.78, 5) is 13.6. The number of hydrogen-bond acceptors (Lipinski definition) is 2. The van der Waals surface area contributed by atoms with Crippen LogP contribution < -0.4 is 0 Å². The Bertz CT molecular complexity index is 457. The number of halogens is 2. The van der Waals surface area contributed by atoms with E-state index in [9.17, 15) is 9.90 Å². The van der Waals surface area contributed by atoms with Crippen LogP contribution in [0, 0.1) is 0 Å². The van der Waals surface area contributed by atoms with Gasteiger partial charge in [0.1, 0.15) is 6.04 Å². The molecule has 1 unspecified atom stereocenters. The van der Waals surface area contributed by atoms with Crippen molar-refractivity contribution < 1.29 is 9.90 Å². The van der Waals surface area contributed by atoms with Gasteiger partial charge in [0.25, 0.3) is 0 Å². The molecule has 0 bridgehead atoms. The summed E-state index contributed by atoms with van der Waals surface area (Å²) in [5.74, 6) is -0.869. The Hall–Kier alpha value is -0.770. The normalized spacial score (nSPS) is 18.8. The van der Waals surface area contributed by atoms with Crippen LogP contribution in [0.3, 0.4) is 0 Å². The molecule has 1 fully saturated rings. The minimum atomic E-state index is -0.869. The lowest BCUT2D eigenvalue weighted by Crippen LogP contribution is -2.35. The Balaban J connectivity index is 2.33. The Labute approximate surface area is 123 Å². The van der Waals surface area contributed by atoms with E-state index in [4.69, 9.17) is 23.2 Å². The number of likely N-dealkylation sites (tertiary alicyclic amines) is 1. The molecule has 1 heterocycles. The fraction of sp³-hybridized carbons (Fsp3) is 0.500. The van der Waals surface area contributed by atoms with E-state index in [1.807, 2.05) is 4.90 Å². The predicted octanol–water partition coefficient (Wildman–Crippen LogP) is 4.00. The lowest BCUT2D eigenvalue weighted by molar-refractivity contribution is -0.143. The van der Waals surface area contributed by atoms with Gasteiger partial charge < -0.3 is 5.11 Å². The zero-order valence-electron chi connectivity index (χ0n) is 10.6. The van der Waals surface area contributed by atoms with Gasteiger partial charge in [0, 0.05) is 5.56 Å². The third-order valence-electron chi connectivity index (χ3n) is 3.52. The molecular weight excluding hydrogens is 285 g/mol. The smallest absolute Gasteiger partial charge is 0.325 e. The SMILES string of the molecule is O=C(O)C(c1cccc(Cl)c1Cl)N1CCCCCC1. The molecule has 1 atom stereocenters. The van der Waals surface area contributed by atoms with Crippen LogP contribution in [0.5, 0.6) is 0 Å². The van der Waals surface area contributed by atoms with E-state index in [-0.39, 0.29) is 0 Å². The van der Waals surface area contributed by atoms with Crippen molar-refractivity contribution in [1.29, 1.82) is 0 Å². The molecule has 0 aromatic heterocycles. The van der Waals surface area contributed by atoms with Gasteiger partial charge in [0.05, 0.1) is 10.0 Å². The van der Waals surface area contributed by atoms with E-state index < -0.39 is 12.0 Å². The highest BCUT2D eigenvalue weighted by atomic mass is 35.5. The van der Waals surface area contributed by atoms with Crippen molar-refractivity contribution in [2.75, 3.05) is 13.1 Å². The van der Waals surface area contributed by atoms with E-state index in [1.54, 1.807) is 18.2 Å². The number of carboxylic acid groups (broad SMARTS) is 1. The summed E-state index contributed by atoms with van der Waals surface area (Å²) in [5.41, 5.74) is 0.587. The Kier molecular flexibility index (Phi) is 5.08. The van der Waals surface area contributed by atoms with Crippen LogP contribution in [-0.4, -0.2) is 29.1 Å². The highest BCUT2D eigenvalue weighted by Gasteiger charge is 2.30. The molecule has 1 aromatic carbocycles. The first kappa shape index (κ1) is 14.6. The highest BCUT2D eigenvalue weighted by Crippen LogP contribution is 2.34. The van der Waals surface area contributed by atoms with Crippen molar-refractivity contribution in [2.45, 2.75) is 31.7 Å². The zero-order chi connectivity index (χ0) is 13.8. The van der Waals surface area contributed by atoms with Crippen molar-refractivity contribution in [3.63, 3.8) is 0 Å². The summed E-state index contributed by atoms with van der Waals surface area (Å²) < 4.78 is 0. The van der Waals surface area contributed by atoms with E-state index >= 15 is 0 Å². The van der Waals surface area contributed by atoms with E-state index in [1.165, 1.54) is 0 Å². The number of nitrogens with zero attached hydrogens (tertiary/aromatic N) is 1. The summed E-state index contributed by atoms with van der Waals surface area (Å²) in [5, 5.41) is 10.3. The van der Waals surface area contributed by atoms with Gasteiger partial charge in [-0.1, -0.05) is 48.2 Å². The van der Waals surface area contributed by atoms with Crippen LogP contribution in [0.25, 0.3) is 0 Å². The number of benzene rings is 1. The molecular formula is C14H17Cl2NO2. The van der Waals surface area contributed by atoms with Gasteiger partial charge in [-0.3, -0.25) is 9.69 Å². The Morgan fingerprint density at radius 1 is 1.16 bits per heavy atom. The zero-order valence-corrected chi connectivity index (χ0v) is 12.1. The van der Waals surface area contributed by atoms with Crippen LogP contribution in [0.4, 0.5) is 0 Å². The molecule has 0 radical (unpaired) electrons. The topological polar surface area (TPSA) is 40.5 Å². The molecule has 3 nitrogen and oxygen atoms in total. The molecule has 1 N–H and O–H groups in total. The van der Waals surface area contributed by atoms with Gasteiger partial charge in [-0.25, -0.2) is 0 Å². The van der Waals surface area contributed by atoms with Crippen LogP contribution >= 0.6 is 23.2 Å². The molecule has 1 aliphatic rings. The Morgan fingerprint density at radius 2 is 1.79 bits per heavy atom. The highest BCUT2D eigenvalue weighted by molar-refractivity contribution is 6.42. The quantitative estimate of drug-likeness (QED) is 0.917. The molecule has 2 rings (SSSR count). The molecule has 104 valence electrons. The summed E-state index contributed by atoms with van der Waals surface area (Å²) in [6.07, 6.45) is 4.38. The lowest BCUT2D eigenvalue weighted by atomic mass is 10.0. The number of carboxylic acids is 1. The molecule has 0 aliphatic carbocycles. The average Bonchev–Trinajstić information content (AvgIpc) is 2.63. The first-order valence-electron chi connectivity index (χ1n) is 6.52.